The van der Waals surface area contributed by atoms with Gasteiger partial charge in [0.1, 0.15) is 0 Å². The zero-order chi connectivity index (χ0) is 9.30. The van der Waals surface area contributed by atoms with E-state index in [9.17, 15) is 0 Å². The lowest BCUT2D eigenvalue weighted by atomic mass is 9.84. The van der Waals surface area contributed by atoms with E-state index in [1.54, 1.807) is 11.1 Å². The van der Waals surface area contributed by atoms with Gasteiger partial charge in [0, 0.05) is 13.1 Å². The van der Waals surface area contributed by atoms with Crippen LogP contribution < -0.4 is 0 Å². The molecular formula is C11H21N. The normalized spacial score (nSPS) is 27.0. The molecule has 0 N–H and O–H groups in total. The summed E-state index contributed by atoms with van der Waals surface area (Å²) in [7, 11) is 2.21. The molecule has 0 amide bonds. The van der Waals surface area contributed by atoms with E-state index in [1.807, 2.05) is 0 Å². The highest BCUT2D eigenvalue weighted by Gasteiger charge is 2.21. The van der Waals surface area contributed by atoms with Crippen LogP contribution in [0.2, 0.25) is 0 Å². The van der Waals surface area contributed by atoms with E-state index < -0.39 is 0 Å². The van der Waals surface area contributed by atoms with E-state index in [1.165, 1.54) is 6.54 Å². The van der Waals surface area contributed by atoms with Crippen molar-refractivity contribution in [3.63, 3.8) is 0 Å². The van der Waals surface area contributed by atoms with Crippen LogP contribution in [0.15, 0.2) is 11.1 Å². The molecule has 1 unspecified atom stereocenters. The van der Waals surface area contributed by atoms with Crippen molar-refractivity contribution >= 4 is 0 Å². The maximum absolute atomic E-state index is 2.41. The van der Waals surface area contributed by atoms with E-state index in [0.717, 1.165) is 18.4 Å². The number of likely N-dealkylation sites (N-methyl/N-ethyl adjacent to an activating group) is 1. The summed E-state index contributed by atoms with van der Waals surface area (Å²) in [5.41, 5.74) is 3.28. The molecule has 1 rings (SSSR count). The van der Waals surface area contributed by atoms with Crippen molar-refractivity contribution in [2.45, 2.75) is 27.7 Å². The van der Waals surface area contributed by atoms with Gasteiger partial charge in [-0.05, 0) is 25.8 Å². The van der Waals surface area contributed by atoms with Gasteiger partial charge in [-0.3, -0.25) is 0 Å². The molecular weight excluding hydrogens is 146 g/mol. The van der Waals surface area contributed by atoms with Gasteiger partial charge in [-0.15, -0.1) is 0 Å². The smallest absolute Gasteiger partial charge is 0.0190 e. The Balaban J connectivity index is 2.85. The molecule has 0 bridgehead atoms. The van der Waals surface area contributed by atoms with Crippen LogP contribution in [0.1, 0.15) is 27.7 Å². The maximum atomic E-state index is 2.41. The quantitative estimate of drug-likeness (QED) is 0.542. The molecule has 0 fully saturated rings. The fourth-order valence-corrected chi connectivity index (χ4v) is 2.61. The third-order valence-corrected chi connectivity index (χ3v) is 2.74. The van der Waals surface area contributed by atoms with Crippen molar-refractivity contribution < 1.29 is 0 Å². The largest absolute Gasteiger partial charge is 0.302 e. The Bertz CT molecular complexity index is 191. The Morgan fingerprint density at radius 1 is 1.42 bits per heavy atom. The van der Waals surface area contributed by atoms with Gasteiger partial charge in [0.25, 0.3) is 0 Å². The van der Waals surface area contributed by atoms with Gasteiger partial charge >= 0.3 is 0 Å². The number of rotatable bonds is 1. The van der Waals surface area contributed by atoms with Gasteiger partial charge < -0.3 is 4.90 Å². The fourth-order valence-electron chi connectivity index (χ4n) is 2.61. The Labute approximate surface area is 76.5 Å². The third kappa shape index (κ3) is 1.89. The highest BCUT2D eigenvalue weighted by Crippen LogP contribution is 2.28. The summed E-state index contributed by atoms with van der Waals surface area (Å²) >= 11 is 0. The second kappa shape index (κ2) is 3.61. The highest BCUT2D eigenvalue weighted by atomic mass is 15.1. The summed E-state index contributed by atoms with van der Waals surface area (Å²) in [6.07, 6.45) is 0. The summed E-state index contributed by atoms with van der Waals surface area (Å²) in [5, 5.41) is 0. The monoisotopic (exact) mass is 167 g/mol. The zero-order valence-electron chi connectivity index (χ0n) is 9.02. The highest BCUT2D eigenvalue weighted by molar-refractivity contribution is 5.21. The van der Waals surface area contributed by atoms with Gasteiger partial charge in [-0.2, -0.15) is 0 Å². The minimum absolute atomic E-state index is 0.730. The molecule has 12 heavy (non-hydrogen) atoms. The Morgan fingerprint density at radius 2 is 2.00 bits per heavy atom. The molecule has 1 heterocycles. The van der Waals surface area contributed by atoms with E-state index in [0.29, 0.717) is 0 Å². The lowest BCUT2D eigenvalue weighted by Crippen LogP contribution is -2.34. The van der Waals surface area contributed by atoms with E-state index >= 15 is 0 Å². The van der Waals surface area contributed by atoms with Crippen molar-refractivity contribution in [2.75, 3.05) is 20.1 Å². The molecule has 0 saturated heterocycles. The van der Waals surface area contributed by atoms with Crippen LogP contribution in [0.3, 0.4) is 0 Å². The molecule has 70 valence electrons. The molecule has 0 spiro atoms. The topological polar surface area (TPSA) is 3.24 Å². The molecule has 1 atom stereocenters. The number of hydrogen-bond donors (Lipinski definition) is 0. The molecule has 1 nitrogen and oxygen atoms in total. The molecule has 0 aromatic heterocycles. The summed E-state index contributed by atoms with van der Waals surface area (Å²) in [5.74, 6) is 1.48. The predicted octanol–water partition coefficient (Wildman–Crippen LogP) is 2.54. The van der Waals surface area contributed by atoms with Crippen LogP contribution in [-0.2, 0) is 0 Å². The van der Waals surface area contributed by atoms with Crippen LogP contribution in [0.25, 0.3) is 0 Å². The average Bonchev–Trinajstić information content (AvgIpc) is 1.82. The molecule has 0 radical (unpaired) electrons. The molecule has 0 saturated carbocycles. The summed E-state index contributed by atoms with van der Waals surface area (Å²) < 4.78 is 0. The number of nitrogens with zero attached hydrogens (tertiary/aromatic N) is 1. The first-order chi connectivity index (χ1) is 5.52. The van der Waals surface area contributed by atoms with Gasteiger partial charge in [0.2, 0.25) is 0 Å². The SMILES string of the molecule is CC1=C(C(C)C)C(C)CN(C)C1. The van der Waals surface area contributed by atoms with Gasteiger partial charge in [0.05, 0.1) is 0 Å². The molecule has 0 aliphatic carbocycles. The van der Waals surface area contributed by atoms with Crippen LogP contribution in [0.4, 0.5) is 0 Å². The summed E-state index contributed by atoms with van der Waals surface area (Å²) in [4.78, 5) is 2.41. The minimum atomic E-state index is 0.730. The first-order valence-electron chi connectivity index (χ1n) is 4.90. The molecule has 0 aromatic rings. The first kappa shape index (κ1) is 9.79. The Hall–Kier alpha value is -0.300. The molecule has 1 aliphatic rings. The van der Waals surface area contributed by atoms with Gasteiger partial charge in [-0.1, -0.05) is 31.9 Å². The average molecular weight is 167 g/mol. The van der Waals surface area contributed by atoms with Crippen LogP contribution in [0, 0.1) is 11.8 Å². The van der Waals surface area contributed by atoms with Crippen LogP contribution in [0.5, 0.6) is 0 Å². The maximum Gasteiger partial charge on any atom is 0.0190 e. The van der Waals surface area contributed by atoms with Gasteiger partial charge in [0.15, 0.2) is 0 Å². The van der Waals surface area contributed by atoms with E-state index in [4.69, 9.17) is 0 Å². The van der Waals surface area contributed by atoms with Crippen molar-refractivity contribution in [2.24, 2.45) is 11.8 Å². The molecule has 1 aliphatic heterocycles. The second-order valence-electron chi connectivity index (χ2n) is 4.49. The Kier molecular flexibility index (Phi) is 2.94. The predicted molar refractivity (Wildman–Crippen MR) is 54.2 cm³/mol. The summed E-state index contributed by atoms with van der Waals surface area (Å²) in [6.45, 7) is 11.6. The lowest BCUT2D eigenvalue weighted by Gasteiger charge is -2.33. The lowest BCUT2D eigenvalue weighted by molar-refractivity contribution is 0.291. The van der Waals surface area contributed by atoms with Crippen molar-refractivity contribution in [3.8, 4) is 0 Å². The zero-order valence-corrected chi connectivity index (χ0v) is 9.02. The van der Waals surface area contributed by atoms with E-state index in [-0.39, 0.29) is 0 Å². The number of hydrogen-bond acceptors (Lipinski definition) is 1. The Morgan fingerprint density at radius 3 is 2.42 bits per heavy atom. The standard InChI is InChI=1S/C11H21N/c1-8(2)11-9(3)6-12(5)7-10(11)4/h8-9H,6-7H2,1-5H3. The van der Waals surface area contributed by atoms with E-state index in [2.05, 4.69) is 39.6 Å². The molecule has 1 heteroatoms. The summed E-state index contributed by atoms with van der Waals surface area (Å²) in [6, 6.07) is 0. The minimum Gasteiger partial charge on any atom is -0.302 e. The van der Waals surface area contributed by atoms with Crippen molar-refractivity contribution in [3.05, 3.63) is 11.1 Å². The molecule has 0 aromatic carbocycles. The fraction of sp³-hybridized carbons (Fsp3) is 0.818. The van der Waals surface area contributed by atoms with Crippen molar-refractivity contribution in [1.82, 2.24) is 4.90 Å². The van der Waals surface area contributed by atoms with Gasteiger partial charge in [-0.25, -0.2) is 0 Å². The van der Waals surface area contributed by atoms with Crippen LogP contribution in [-0.4, -0.2) is 25.0 Å². The third-order valence-electron chi connectivity index (χ3n) is 2.74. The van der Waals surface area contributed by atoms with Crippen molar-refractivity contribution in [1.29, 1.82) is 0 Å². The van der Waals surface area contributed by atoms with Crippen LogP contribution >= 0.6 is 0 Å². The first-order valence-corrected chi connectivity index (χ1v) is 4.90. The second-order valence-corrected chi connectivity index (χ2v) is 4.49.